The van der Waals surface area contributed by atoms with Gasteiger partial charge < -0.3 is 14.5 Å². The third-order valence-electron chi connectivity index (χ3n) is 5.19. The molecule has 3 rings (SSSR count). The highest BCUT2D eigenvalue weighted by Crippen LogP contribution is 2.31. The fourth-order valence-corrected chi connectivity index (χ4v) is 4.35. The van der Waals surface area contributed by atoms with E-state index in [0.29, 0.717) is 18.7 Å². The Bertz CT molecular complexity index is 989. The molecule has 2 heterocycles. The van der Waals surface area contributed by atoms with E-state index in [4.69, 9.17) is 4.74 Å². The Balaban J connectivity index is 1.49. The lowest BCUT2D eigenvalue weighted by Crippen LogP contribution is -2.42. The van der Waals surface area contributed by atoms with Gasteiger partial charge in [-0.2, -0.15) is 0 Å². The number of thiazole rings is 1. The molecule has 1 aromatic heterocycles. The first kappa shape index (κ1) is 24.5. The zero-order valence-corrected chi connectivity index (χ0v) is 20.5. The van der Waals surface area contributed by atoms with E-state index in [2.05, 4.69) is 15.8 Å². The minimum atomic E-state index is -0.517. The Hall–Kier alpha value is -3.14. The SMILES string of the molecule is CN(C)c1ccc(C(=O)NNC(=O)c2csc(C3CCN(C(=O)OC(C)(C)C)CC3)n2)cc1. The number of piperidine rings is 1. The average Bonchev–Trinajstić information content (AvgIpc) is 3.26. The van der Waals surface area contributed by atoms with Crippen molar-refractivity contribution in [2.24, 2.45) is 0 Å². The molecule has 0 spiro atoms. The van der Waals surface area contributed by atoms with Crippen LogP contribution in [0.5, 0.6) is 0 Å². The minimum absolute atomic E-state index is 0.181. The van der Waals surface area contributed by atoms with Gasteiger partial charge in [-0.15, -0.1) is 11.3 Å². The summed E-state index contributed by atoms with van der Waals surface area (Å²) >= 11 is 1.41. The van der Waals surface area contributed by atoms with Gasteiger partial charge in [0.2, 0.25) is 0 Å². The molecule has 1 aromatic carbocycles. The zero-order valence-electron chi connectivity index (χ0n) is 19.7. The van der Waals surface area contributed by atoms with Gasteiger partial charge in [-0.1, -0.05) is 0 Å². The molecule has 1 aliphatic rings. The molecular weight excluding hydrogens is 442 g/mol. The molecule has 0 bridgehead atoms. The fraction of sp³-hybridized carbons (Fsp3) is 0.478. The predicted octanol–water partition coefficient (Wildman–Crippen LogP) is 3.40. The highest BCUT2D eigenvalue weighted by atomic mass is 32.1. The quantitative estimate of drug-likeness (QED) is 0.660. The number of hydrogen-bond donors (Lipinski definition) is 2. The van der Waals surface area contributed by atoms with Crippen LogP contribution in [0.25, 0.3) is 0 Å². The smallest absolute Gasteiger partial charge is 0.410 e. The molecule has 1 saturated heterocycles. The molecule has 0 unspecified atom stereocenters. The molecule has 178 valence electrons. The summed E-state index contributed by atoms with van der Waals surface area (Å²) in [5.41, 5.74) is 6.00. The molecule has 0 radical (unpaired) electrons. The summed E-state index contributed by atoms with van der Waals surface area (Å²) in [5, 5.41) is 2.54. The van der Waals surface area contributed by atoms with Gasteiger partial charge in [-0.3, -0.25) is 20.4 Å². The van der Waals surface area contributed by atoms with Crippen LogP contribution in [0.15, 0.2) is 29.6 Å². The number of hydrogen-bond acceptors (Lipinski definition) is 7. The third kappa shape index (κ3) is 6.67. The van der Waals surface area contributed by atoms with E-state index >= 15 is 0 Å². The Kier molecular flexibility index (Phi) is 7.57. The molecular formula is C23H31N5O4S. The summed E-state index contributed by atoms with van der Waals surface area (Å²) in [6.45, 7) is 6.72. The first-order chi connectivity index (χ1) is 15.5. The third-order valence-corrected chi connectivity index (χ3v) is 6.19. The maximum absolute atomic E-state index is 12.4. The molecule has 0 atom stereocenters. The highest BCUT2D eigenvalue weighted by molar-refractivity contribution is 7.09. The van der Waals surface area contributed by atoms with Crippen LogP contribution < -0.4 is 15.8 Å². The molecule has 33 heavy (non-hydrogen) atoms. The summed E-state index contributed by atoms with van der Waals surface area (Å²) < 4.78 is 5.43. The molecule has 2 aromatic rings. The topological polar surface area (TPSA) is 104 Å². The van der Waals surface area contributed by atoms with Crippen molar-refractivity contribution in [3.63, 3.8) is 0 Å². The summed E-state index contributed by atoms with van der Waals surface area (Å²) in [5.74, 6) is -0.694. The molecule has 2 N–H and O–H groups in total. The molecule has 0 aliphatic carbocycles. The summed E-state index contributed by atoms with van der Waals surface area (Å²) in [4.78, 5) is 45.1. The van der Waals surface area contributed by atoms with E-state index in [1.165, 1.54) is 11.3 Å². The number of amides is 3. The monoisotopic (exact) mass is 473 g/mol. The Morgan fingerprint density at radius 3 is 2.24 bits per heavy atom. The van der Waals surface area contributed by atoms with Crippen molar-refractivity contribution in [1.82, 2.24) is 20.7 Å². The largest absolute Gasteiger partial charge is 0.444 e. The Morgan fingerprint density at radius 1 is 1.06 bits per heavy atom. The number of hydrazine groups is 1. The number of nitrogens with one attached hydrogen (secondary N) is 2. The molecule has 3 amide bonds. The first-order valence-corrected chi connectivity index (χ1v) is 11.7. The summed E-state index contributed by atoms with van der Waals surface area (Å²) in [6.07, 6.45) is 1.22. The van der Waals surface area contributed by atoms with Gasteiger partial charge in [0.1, 0.15) is 11.3 Å². The summed E-state index contributed by atoms with van der Waals surface area (Å²) in [7, 11) is 3.84. The molecule has 9 nitrogen and oxygen atoms in total. The molecule has 1 fully saturated rings. The lowest BCUT2D eigenvalue weighted by Gasteiger charge is -2.32. The van der Waals surface area contributed by atoms with Crippen LogP contribution in [-0.2, 0) is 4.74 Å². The van der Waals surface area contributed by atoms with Gasteiger partial charge in [-0.05, 0) is 57.9 Å². The second-order valence-corrected chi connectivity index (χ2v) is 10.1. The van der Waals surface area contributed by atoms with E-state index in [9.17, 15) is 14.4 Å². The van der Waals surface area contributed by atoms with Crippen molar-refractivity contribution in [3.8, 4) is 0 Å². The standard InChI is InChI=1S/C23H31N5O4S/c1-23(2,3)32-22(31)28-12-10-16(11-13-28)21-24-18(14-33-21)20(30)26-25-19(29)15-6-8-17(9-7-15)27(4)5/h6-9,14,16H,10-13H2,1-5H3,(H,25,29)(H,26,30). The molecule has 1 aliphatic heterocycles. The van der Waals surface area contributed by atoms with E-state index in [0.717, 1.165) is 23.5 Å². The van der Waals surface area contributed by atoms with Gasteiger partial charge in [0.15, 0.2) is 0 Å². The fourth-order valence-electron chi connectivity index (χ4n) is 3.38. The number of likely N-dealkylation sites (tertiary alicyclic amines) is 1. The second-order valence-electron chi connectivity index (χ2n) is 9.16. The minimum Gasteiger partial charge on any atom is -0.444 e. The van der Waals surface area contributed by atoms with Gasteiger partial charge in [0, 0.05) is 49.7 Å². The van der Waals surface area contributed by atoms with Crippen molar-refractivity contribution in [2.45, 2.75) is 45.1 Å². The zero-order chi connectivity index (χ0) is 24.2. The lowest BCUT2D eigenvalue weighted by molar-refractivity contribution is 0.0204. The van der Waals surface area contributed by atoms with Crippen LogP contribution in [0.4, 0.5) is 10.5 Å². The van der Waals surface area contributed by atoms with Gasteiger partial charge >= 0.3 is 6.09 Å². The molecule has 10 heteroatoms. The number of nitrogens with zero attached hydrogens (tertiary/aromatic N) is 3. The number of rotatable bonds is 4. The van der Waals surface area contributed by atoms with Crippen LogP contribution in [0.1, 0.15) is 65.4 Å². The molecule has 0 saturated carbocycles. The van der Waals surface area contributed by atoms with E-state index in [-0.39, 0.29) is 17.7 Å². The normalized spacial score (nSPS) is 14.5. The number of ether oxygens (including phenoxy) is 1. The highest BCUT2D eigenvalue weighted by Gasteiger charge is 2.29. The summed E-state index contributed by atoms with van der Waals surface area (Å²) in [6, 6.07) is 7.05. The van der Waals surface area contributed by atoms with Crippen LogP contribution in [0, 0.1) is 0 Å². The van der Waals surface area contributed by atoms with Crippen molar-refractivity contribution >= 4 is 34.9 Å². The number of benzene rings is 1. The maximum atomic E-state index is 12.4. The lowest BCUT2D eigenvalue weighted by atomic mass is 9.98. The van der Waals surface area contributed by atoms with Gasteiger partial charge in [-0.25, -0.2) is 9.78 Å². The maximum Gasteiger partial charge on any atom is 0.410 e. The first-order valence-electron chi connectivity index (χ1n) is 10.8. The van der Waals surface area contributed by atoms with Crippen LogP contribution in [-0.4, -0.2) is 60.6 Å². The van der Waals surface area contributed by atoms with Gasteiger partial charge in [0.25, 0.3) is 11.8 Å². The number of carbonyl (C=O) groups is 3. The van der Waals surface area contributed by atoms with Crippen LogP contribution in [0.3, 0.4) is 0 Å². The number of carbonyl (C=O) groups excluding carboxylic acids is 3. The Labute approximate surface area is 198 Å². The van der Waals surface area contributed by atoms with Crippen molar-refractivity contribution < 1.29 is 19.1 Å². The number of anilines is 1. The van der Waals surface area contributed by atoms with E-state index in [1.54, 1.807) is 22.4 Å². The van der Waals surface area contributed by atoms with Crippen molar-refractivity contribution in [2.75, 3.05) is 32.1 Å². The second kappa shape index (κ2) is 10.2. The van der Waals surface area contributed by atoms with Crippen molar-refractivity contribution in [1.29, 1.82) is 0 Å². The average molecular weight is 474 g/mol. The van der Waals surface area contributed by atoms with Crippen LogP contribution in [0.2, 0.25) is 0 Å². The van der Waals surface area contributed by atoms with Crippen molar-refractivity contribution in [3.05, 3.63) is 45.9 Å². The number of aromatic nitrogens is 1. The predicted molar refractivity (Wildman–Crippen MR) is 128 cm³/mol. The Morgan fingerprint density at radius 2 is 1.67 bits per heavy atom. The van der Waals surface area contributed by atoms with E-state index < -0.39 is 17.4 Å². The van der Waals surface area contributed by atoms with Gasteiger partial charge in [0.05, 0.1) is 5.01 Å². The van der Waals surface area contributed by atoms with E-state index in [1.807, 2.05) is 51.9 Å². The van der Waals surface area contributed by atoms with Crippen LogP contribution >= 0.6 is 11.3 Å².